The molecule has 0 spiro atoms. The highest BCUT2D eigenvalue weighted by molar-refractivity contribution is 6.38. The van der Waals surface area contributed by atoms with E-state index in [2.05, 4.69) is 21.3 Å². The van der Waals surface area contributed by atoms with Crippen LogP contribution in [-0.2, 0) is 33.4 Å². The SMILES string of the molecule is CCCCC(NC(=O)[C@@H]1C[C@@H](OC(C)(C)C)CN1C(=O)[C@@H](NC(=O)OCC(C)C)C(C)(C)C)C(=O)C(=O)NCC(=O)NC[C@@H](N)c1ccccc1. The summed E-state index contributed by atoms with van der Waals surface area (Å²) in [5, 5.41) is 10.4. The molecule has 5 atom stereocenters. The van der Waals surface area contributed by atoms with Crippen LogP contribution in [0.4, 0.5) is 4.79 Å². The smallest absolute Gasteiger partial charge is 0.407 e. The third-order valence-electron chi connectivity index (χ3n) is 8.15. The molecule has 1 aromatic carbocycles. The van der Waals surface area contributed by atoms with Gasteiger partial charge in [-0.25, -0.2) is 4.79 Å². The first-order valence-electron chi connectivity index (χ1n) is 17.8. The minimum absolute atomic E-state index is 0.0700. The number of rotatable bonds is 17. The summed E-state index contributed by atoms with van der Waals surface area (Å²) in [7, 11) is 0. The number of amides is 5. The number of nitrogens with one attached hydrogen (secondary N) is 4. The molecule has 1 heterocycles. The Labute approximate surface area is 302 Å². The minimum atomic E-state index is -1.20. The van der Waals surface area contributed by atoms with Gasteiger partial charge in [0.05, 0.1) is 30.9 Å². The quantitative estimate of drug-likeness (QED) is 0.151. The molecule has 51 heavy (non-hydrogen) atoms. The Balaban J connectivity index is 2.19. The molecule has 1 fully saturated rings. The van der Waals surface area contributed by atoms with Crippen LogP contribution in [0.3, 0.4) is 0 Å². The van der Waals surface area contributed by atoms with Crippen molar-refractivity contribution >= 4 is 35.5 Å². The van der Waals surface area contributed by atoms with Crippen LogP contribution in [0.15, 0.2) is 30.3 Å². The van der Waals surface area contributed by atoms with Crippen molar-refractivity contribution in [3.05, 3.63) is 35.9 Å². The molecule has 1 aliphatic heterocycles. The zero-order chi connectivity index (χ0) is 38.5. The van der Waals surface area contributed by atoms with Crippen molar-refractivity contribution in [2.75, 3.05) is 26.2 Å². The molecule has 6 N–H and O–H groups in total. The molecular weight excluding hydrogens is 656 g/mol. The molecule has 0 aliphatic carbocycles. The van der Waals surface area contributed by atoms with Crippen LogP contribution >= 0.6 is 0 Å². The van der Waals surface area contributed by atoms with Crippen LogP contribution in [0.1, 0.15) is 99.6 Å². The van der Waals surface area contributed by atoms with Crippen molar-refractivity contribution in [3.8, 4) is 0 Å². The van der Waals surface area contributed by atoms with Gasteiger partial charge < -0.3 is 41.4 Å². The predicted octanol–water partition coefficient (Wildman–Crippen LogP) is 2.74. The van der Waals surface area contributed by atoms with Gasteiger partial charge in [0, 0.05) is 25.6 Å². The zero-order valence-electron chi connectivity index (χ0n) is 31.8. The summed E-state index contributed by atoms with van der Waals surface area (Å²) in [5.74, 6) is -3.51. The molecule has 1 aliphatic rings. The van der Waals surface area contributed by atoms with E-state index in [1.165, 1.54) is 4.90 Å². The maximum atomic E-state index is 14.2. The maximum absolute atomic E-state index is 14.2. The normalized spacial score (nSPS) is 18.0. The third kappa shape index (κ3) is 14.6. The number of unbranched alkanes of at least 4 members (excludes halogenated alkanes) is 1. The summed E-state index contributed by atoms with van der Waals surface area (Å²) in [6.45, 7) is 16.6. The number of carbonyl (C=O) groups excluding carboxylic acids is 6. The van der Waals surface area contributed by atoms with Gasteiger partial charge in [-0.2, -0.15) is 0 Å². The average molecular weight is 717 g/mol. The molecule has 0 bridgehead atoms. The van der Waals surface area contributed by atoms with Crippen LogP contribution in [0.25, 0.3) is 0 Å². The van der Waals surface area contributed by atoms with Crippen LogP contribution in [0.5, 0.6) is 0 Å². The molecular formula is C37H60N6O8. The molecule has 286 valence electrons. The topological polar surface area (TPSA) is 198 Å². The van der Waals surface area contributed by atoms with Gasteiger partial charge in [-0.3, -0.25) is 24.0 Å². The number of likely N-dealkylation sites (tertiary alicyclic amines) is 1. The Hall–Kier alpha value is -4.04. The van der Waals surface area contributed by atoms with E-state index >= 15 is 0 Å². The van der Waals surface area contributed by atoms with Crippen molar-refractivity contribution in [2.24, 2.45) is 17.1 Å². The summed E-state index contributed by atoms with van der Waals surface area (Å²) >= 11 is 0. The van der Waals surface area contributed by atoms with Crippen molar-refractivity contribution in [3.63, 3.8) is 0 Å². The number of benzene rings is 1. The lowest BCUT2D eigenvalue weighted by Gasteiger charge is -2.35. The number of ketones is 1. The van der Waals surface area contributed by atoms with Gasteiger partial charge in [-0.05, 0) is 44.1 Å². The molecule has 14 heteroatoms. The van der Waals surface area contributed by atoms with Gasteiger partial charge in [0.1, 0.15) is 12.1 Å². The molecule has 0 aromatic heterocycles. The van der Waals surface area contributed by atoms with E-state index in [9.17, 15) is 28.8 Å². The van der Waals surface area contributed by atoms with Crippen LogP contribution < -0.4 is 27.0 Å². The van der Waals surface area contributed by atoms with E-state index in [1.807, 2.05) is 71.9 Å². The number of hydrogen-bond donors (Lipinski definition) is 5. The molecule has 1 unspecified atom stereocenters. The lowest BCUT2D eigenvalue weighted by Crippen LogP contribution is -2.59. The summed E-state index contributed by atoms with van der Waals surface area (Å²) < 4.78 is 11.5. The molecule has 0 radical (unpaired) electrons. The molecule has 2 rings (SSSR count). The lowest BCUT2D eigenvalue weighted by molar-refractivity contribution is -0.144. The second-order valence-corrected chi connectivity index (χ2v) is 15.6. The largest absolute Gasteiger partial charge is 0.449 e. The number of carbonyl (C=O) groups is 6. The molecule has 1 aromatic rings. The Bertz CT molecular complexity index is 1340. The molecule has 1 saturated heterocycles. The summed E-state index contributed by atoms with van der Waals surface area (Å²) in [4.78, 5) is 80.9. The van der Waals surface area contributed by atoms with Crippen molar-refractivity contribution in [1.29, 1.82) is 0 Å². The highest BCUT2D eigenvalue weighted by atomic mass is 16.5. The van der Waals surface area contributed by atoms with Crippen molar-refractivity contribution < 1.29 is 38.2 Å². The number of hydrogen-bond acceptors (Lipinski definition) is 9. The first kappa shape index (κ1) is 43.1. The number of alkyl carbamates (subject to hydrolysis) is 1. The zero-order valence-corrected chi connectivity index (χ0v) is 31.8. The Morgan fingerprint density at radius 3 is 2.18 bits per heavy atom. The van der Waals surface area contributed by atoms with Crippen LogP contribution in [0.2, 0.25) is 0 Å². The first-order chi connectivity index (χ1) is 23.7. The standard InChI is InChI=1S/C37H60N6O8/c1-10-11-17-27(30(45)33(47)40-20-29(44)39-19-26(38)24-15-13-12-14-16-24)41-32(46)28-18-25(51-37(7,8)9)21-43(28)34(48)31(36(4,5)6)42-35(49)50-22-23(2)3/h12-16,23,25-28,31H,10-11,17-22,38H2,1-9H3,(H,39,44)(H,40,47)(H,41,46)(H,42,49)/t25-,26-,27?,28+,31-/m1/s1. The highest BCUT2D eigenvalue weighted by Gasteiger charge is 2.47. The Morgan fingerprint density at radius 2 is 1.61 bits per heavy atom. The number of nitrogens with two attached hydrogens (primary N) is 1. The fourth-order valence-electron chi connectivity index (χ4n) is 5.55. The van der Waals surface area contributed by atoms with E-state index in [0.717, 1.165) is 5.56 Å². The average Bonchev–Trinajstić information content (AvgIpc) is 3.47. The van der Waals surface area contributed by atoms with Gasteiger partial charge in [-0.15, -0.1) is 0 Å². The van der Waals surface area contributed by atoms with E-state index in [4.69, 9.17) is 15.2 Å². The summed E-state index contributed by atoms with van der Waals surface area (Å²) in [6.07, 6.45) is 0.258. The summed E-state index contributed by atoms with van der Waals surface area (Å²) in [5.41, 5.74) is 5.62. The monoisotopic (exact) mass is 716 g/mol. The second-order valence-electron chi connectivity index (χ2n) is 15.6. The van der Waals surface area contributed by atoms with E-state index < -0.39 is 83.3 Å². The van der Waals surface area contributed by atoms with E-state index in [1.54, 1.807) is 20.8 Å². The van der Waals surface area contributed by atoms with Gasteiger partial charge >= 0.3 is 6.09 Å². The fraction of sp³-hybridized carbons (Fsp3) is 0.676. The van der Waals surface area contributed by atoms with Crippen LogP contribution in [0, 0.1) is 11.3 Å². The van der Waals surface area contributed by atoms with E-state index in [-0.39, 0.29) is 38.5 Å². The van der Waals surface area contributed by atoms with Gasteiger partial charge in [0.2, 0.25) is 23.5 Å². The maximum Gasteiger partial charge on any atom is 0.407 e. The summed E-state index contributed by atoms with van der Waals surface area (Å²) in [6, 6.07) is 5.46. The van der Waals surface area contributed by atoms with Gasteiger partial charge in [0.25, 0.3) is 5.91 Å². The number of nitrogens with zero attached hydrogens (tertiary/aromatic N) is 1. The van der Waals surface area contributed by atoms with E-state index in [0.29, 0.717) is 12.8 Å². The van der Waals surface area contributed by atoms with Gasteiger partial charge in [0.15, 0.2) is 0 Å². The van der Waals surface area contributed by atoms with Crippen molar-refractivity contribution in [2.45, 2.75) is 124 Å². The minimum Gasteiger partial charge on any atom is -0.449 e. The number of ether oxygens (including phenoxy) is 2. The Morgan fingerprint density at radius 1 is 0.961 bits per heavy atom. The second kappa shape index (κ2) is 19.5. The van der Waals surface area contributed by atoms with Crippen LogP contribution in [-0.4, -0.2) is 96.5 Å². The molecule has 14 nitrogen and oxygen atoms in total. The highest BCUT2D eigenvalue weighted by Crippen LogP contribution is 2.29. The fourth-order valence-corrected chi connectivity index (χ4v) is 5.55. The Kier molecular flexibility index (Phi) is 16.5. The van der Waals surface area contributed by atoms with Crippen molar-refractivity contribution in [1.82, 2.24) is 26.2 Å². The third-order valence-corrected chi connectivity index (χ3v) is 8.15. The first-order valence-corrected chi connectivity index (χ1v) is 17.8. The predicted molar refractivity (Wildman–Crippen MR) is 193 cm³/mol. The van der Waals surface area contributed by atoms with Gasteiger partial charge in [-0.1, -0.05) is 84.7 Å². The molecule has 0 saturated carbocycles. The lowest BCUT2D eigenvalue weighted by atomic mass is 9.85. The number of Topliss-reactive ketones (excluding diaryl/α,β-unsaturated/α-hetero) is 1. The molecule has 5 amide bonds.